The highest BCUT2D eigenvalue weighted by atomic mass is 31.2. The van der Waals surface area contributed by atoms with Gasteiger partial charge in [0.25, 0.3) is 0 Å². The van der Waals surface area contributed by atoms with E-state index in [1.54, 1.807) is 0 Å². The van der Waals surface area contributed by atoms with Crippen molar-refractivity contribution in [2.24, 2.45) is 23.7 Å². The molecule has 0 aromatic rings. The Bertz CT molecular complexity index is 1870. The zero-order valence-electron chi connectivity index (χ0n) is 62.3. The molecule has 17 nitrogen and oxygen atoms in total. The van der Waals surface area contributed by atoms with Crippen molar-refractivity contribution in [2.75, 3.05) is 39.6 Å². The third-order valence-corrected chi connectivity index (χ3v) is 19.5. The fourth-order valence-corrected chi connectivity index (χ4v) is 13.1. The van der Waals surface area contributed by atoms with Crippen LogP contribution in [0.4, 0.5) is 0 Å². The summed E-state index contributed by atoms with van der Waals surface area (Å²) >= 11 is 0. The summed E-state index contributed by atoms with van der Waals surface area (Å²) in [6.45, 7) is 14.2. The van der Waals surface area contributed by atoms with E-state index >= 15 is 0 Å². The maximum Gasteiger partial charge on any atom is 0.472 e. The first-order valence-electron chi connectivity index (χ1n) is 39.2. The number of aliphatic hydroxyl groups excluding tert-OH is 1. The number of aliphatic hydroxyl groups is 1. The van der Waals surface area contributed by atoms with Crippen molar-refractivity contribution in [1.82, 2.24) is 0 Å². The lowest BCUT2D eigenvalue weighted by Crippen LogP contribution is -2.30. The molecule has 0 aliphatic carbocycles. The van der Waals surface area contributed by atoms with Crippen LogP contribution in [0.15, 0.2) is 0 Å². The maximum absolute atomic E-state index is 13.1. The minimum Gasteiger partial charge on any atom is -0.462 e. The Labute approximate surface area is 581 Å². The molecule has 0 saturated heterocycles. The molecule has 0 bridgehead atoms. The Hall–Kier alpha value is -1.94. The monoisotopic (exact) mass is 1400 g/mol. The second kappa shape index (κ2) is 65.4. The number of carbonyl (C=O) groups is 4. The SMILES string of the molecule is CC(C)CCCCCCCCCCCCCCCCCC(=O)OC[C@H](COP(=O)(O)OCC(O)COP(=O)(O)OC[C@@H](COC(=O)CCCCCCCCCCC(C)C)OC(=O)CCCCCCCCCCCCC(C)C)OC(=O)CCCCCCCCCCCCC(C)C. The van der Waals surface area contributed by atoms with Crippen LogP contribution in [-0.2, 0) is 65.4 Å². The highest BCUT2D eigenvalue weighted by molar-refractivity contribution is 7.47. The number of phosphoric acid groups is 2. The topological polar surface area (TPSA) is 237 Å². The molecule has 19 heteroatoms. The minimum absolute atomic E-state index is 0.105. The maximum atomic E-state index is 13.1. The molecule has 0 aliphatic heterocycles. The predicted molar refractivity (Wildman–Crippen MR) is 386 cm³/mol. The molecule has 0 saturated carbocycles. The molecule has 0 aromatic carbocycles. The molecular weight excluding hydrogens is 1250 g/mol. The Kier molecular flexibility index (Phi) is 64.0. The molecule has 5 atom stereocenters. The average molecular weight is 1400 g/mol. The van der Waals surface area contributed by atoms with Gasteiger partial charge in [-0.05, 0) is 49.4 Å². The van der Waals surface area contributed by atoms with Crippen LogP contribution in [0, 0.1) is 23.7 Å². The van der Waals surface area contributed by atoms with E-state index in [4.69, 9.17) is 37.0 Å². The fourth-order valence-electron chi connectivity index (χ4n) is 11.6. The van der Waals surface area contributed by atoms with Gasteiger partial charge in [0.05, 0.1) is 26.4 Å². The highest BCUT2D eigenvalue weighted by Gasteiger charge is 2.30. The minimum atomic E-state index is -4.96. The van der Waals surface area contributed by atoms with Gasteiger partial charge in [0, 0.05) is 25.7 Å². The second-order valence-electron chi connectivity index (χ2n) is 29.3. The van der Waals surface area contributed by atoms with Gasteiger partial charge in [-0.2, -0.15) is 0 Å². The van der Waals surface area contributed by atoms with Crippen molar-refractivity contribution in [3.05, 3.63) is 0 Å². The zero-order valence-corrected chi connectivity index (χ0v) is 64.1. The molecule has 0 spiro atoms. The van der Waals surface area contributed by atoms with Crippen molar-refractivity contribution in [3.63, 3.8) is 0 Å². The normalized spacial score (nSPS) is 14.1. The number of carbonyl (C=O) groups excluding carboxylic acids is 4. The number of esters is 4. The third kappa shape index (κ3) is 70.3. The zero-order chi connectivity index (χ0) is 70.3. The molecule has 0 rings (SSSR count). The van der Waals surface area contributed by atoms with E-state index in [0.29, 0.717) is 25.7 Å². The number of unbranched alkanes of at least 4 members (excludes halogenated alkanes) is 39. The van der Waals surface area contributed by atoms with Gasteiger partial charge in [0.1, 0.15) is 19.3 Å². The van der Waals surface area contributed by atoms with Gasteiger partial charge in [-0.25, -0.2) is 9.13 Å². The van der Waals surface area contributed by atoms with Crippen LogP contribution in [0.3, 0.4) is 0 Å². The summed E-state index contributed by atoms with van der Waals surface area (Å²) in [5.74, 6) is 0.915. The molecule has 0 fully saturated rings. The molecule has 0 aliphatic rings. The van der Waals surface area contributed by atoms with Gasteiger partial charge in [-0.15, -0.1) is 0 Å². The van der Waals surface area contributed by atoms with E-state index in [2.05, 4.69) is 55.4 Å². The summed E-state index contributed by atoms with van der Waals surface area (Å²) < 4.78 is 68.5. The standard InChI is InChI=1S/C76H148O17P2/c1-66(2)52-44-36-28-20-14-12-10-9-11-13-15-23-32-40-48-56-73(78)86-62-71(92-75(80)58-50-42-34-24-18-16-21-29-37-45-53-67(3)4)64-90-94(82,83)88-60-70(77)61-89-95(84,85)91-65-72(63-87-74(79)57-49-41-33-27-26-31-39-47-55-69(7)8)93-76(81)59-51-43-35-25-19-17-22-30-38-46-54-68(5)6/h66-72,77H,9-65H2,1-8H3,(H,82,83)(H,84,85)/t70?,71-,72-/m1/s1. The summed E-state index contributed by atoms with van der Waals surface area (Å²) in [6.07, 6.45) is 50.0. The number of rotatable bonds is 73. The first kappa shape index (κ1) is 93.1. The van der Waals surface area contributed by atoms with Gasteiger partial charge in [-0.1, -0.05) is 331 Å². The Morgan fingerprint density at radius 3 is 0.653 bits per heavy atom. The van der Waals surface area contributed by atoms with E-state index < -0.39 is 97.5 Å². The summed E-state index contributed by atoms with van der Waals surface area (Å²) in [6, 6.07) is 0. The van der Waals surface area contributed by atoms with Gasteiger partial charge in [0.2, 0.25) is 0 Å². The van der Waals surface area contributed by atoms with Gasteiger partial charge < -0.3 is 33.8 Å². The van der Waals surface area contributed by atoms with Crippen molar-refractivity contribution in [1.29, 1.82) is 0 Å². The Morgan fingerprint density at radius 1 is 0.263 bits per heavy atom. The molecular formula is C76H148O17P2. The molecule has 0 heterocycles. The molecule has 564 valence electrons. The predicted octanol–water partition coefficient (Wildman–Crippen LogP) is 22.0. The van der Waals surface area contributed by atoms with E-state index in [1.807, 2.05) is 0 Å². The lowest BCUT2D eigenvalue weighted by molar-refractivity contribution is -0.161. The second-order valence-corrected chi connectivity index (χ2v) is 32.2. The lowest BCUT2D eigenvalue weighted by atomic mass is 10.0. The molecule has 3 N–H and O–H groups in total. The third-order valence-electron chi connectivity index (χ3n) is 17.6. The van der Waals surface area contributed by atoms with Crippen molar-refractivity contribution < 1.29 is 80.2 Å². The molecule has 95 heavy (non-hydrogen) atoms. The lowest BCUT2D eigenvalue weighted by Gasteiger charge is -2.21. The van der Waals surface area contributed by atoms with E-state index in [0.717, 1.165) is 114 Å². The largest absolute Gasteiger partial charge is 0.472 e. The van der Waals surface area contributed by atoms with Crippen LogP contribution in [0.2, 0.25) is 0 Å². The molecule has 3 unspecified atom stereocenters. The number of ether oxygens (including phenoxy) is 4. The van der Waals surface area contributed by atoms with E-state index in [-0.39, 0.29) is 25.7 Å². The van der Waals surface area contributed by atoms with E-state index in [1.165, 1.54) is 186 Å². The quantitative estimate of drug-likeness (QED) is 0.0222. The van der Waals surface area contributed by atoms with Crippen LogP contribution in [0.25, 0.3) is 0 Å². The smallest absolute Gasteiger partial charge is 0.462 e. The van der Waals surface area contributed by atoms with Crippen LogP contribution < -0.4 is 0 Å². The summed E-state index contributed by atoms with van der Waals surface area (Å²) in [5, 5.41) is 10.6. The van der Waals surface area contributed by atoms with Crippen LogP contribution in [0.1, 0.15) is 383 Å². The average Bonchev–Trinajstić information content (AvgIpc) is 1.57. The molecule has 0 radical (unpaired) electrons. The van der Waals surface area contributed by atoms with E-state index in [9.17, 15) is 43.2 Å². The van der Waals surface area contributed by atoms with Crippen LogP contribution >= 0.6 is 15.6 Å². The first-order valence-corrected chi connectivity index (χ1v) is 42.2. The van der Waals surface area contributed by atoms with Gasteiger partial charge in [-0.3, -0.25) is 37.3 Å². The Balaban J connectivity index is 5.24. The van der Waals surface area contributed by atoms with Gasteiger partial charge >= 0.3 is 39.5 Å². The number of phosphoric ester groups is 2. The van der Waals surface area contributed by atoms with Crippen molar-refractivity contribution in [2.45, 2.75) is 401 Å². The first-order chi connectivity index (χ1) is 45.6. The summed E-state index contributed by atoms with van der Waals surface area (Å²) in [5.41, 5.74) is 0. The van der Waals surface area contributed by atoms with Gasteiger partial charge in [0.15, 0.2) is 12.2 Å². The molecule has 0 aromatic heterocycles. The fraction of sp³-hybridized carbons (Fsp3) is 0.947. The highest BCUT2D eigenvalue weighted by Crippen LogP contribution is 2.45. The van der Waals surface area contributed by atoms with Crippen molar-refractivity contribution in [3.8, 4) is 0 Å². The van der Waals surface area contributed by atoms with Crippen molar-refractivity contribution >= 4 is 39.5 Å². The van der Waals surface area contributed by atoms with Crippen LogP contribution in [-0.4, -0.2) is 96.7 Å². The summed E-state index contributed by atoms with van der Waals surface area (Å²) in [4.78, 5) is 72.8. The summed E-state index contributed by atoms with van der Waals surface area (Å²) in [7, 11) is -9.91. The van der Waals surface area contributed by atoms with Crippen LogP contribution in [0.5, 0.6) is 0 Å². The Morgan fingerprint density at radius 2 is 0.442 bits per heavy atom. The molecule has 0 amide bonds. The number of hydrogen-bond acceptors (Lipinski definition) is 15. The number of hydrogen-bond donors (Lipinski definition) is 3.